The Kier molecular flexibility index (Phi) is 4.31. The summed E-state index contributed by atoms with van der Waals surface area (Å²) in [5, 5.41) is 24.1. The summed E-state index contributed by atoms with van der Waals surface area (Å²) in [5.41, 5.74) is 6.22. The van der Waals surface area contributed by atoms with E-state index >= 15 is 0 Å². The molecule has 1 aromatic rings. The molecule has 1 aliphatic heterocycles. The normalized spacial score (nSPS) is 34.0. The number of nitrogens with one attached hydrogen (secondary N) is 1. The Morgan fingerprint density at radius 2 is 2.05 bits per heavy atom. The van der Waals surface area contributed by atoms with Gasteiger partial charge in [0.25, 0.3) is 0 Å². The van der Waals surface area contributed by atoms with Crippen LogP contribution in [-0.2, 0) is 4.79 Å². The summed E-state index contributed by atoms with van der Waals surface area (Å²) in [7, 11) is 0. The summed E-state index contributed by atoms with van der Waals surface area (Å²) in [6.45, 7) is 0. The van der Waals surface area contributed by atoms with Crippen molar-refractivity contribution in [1.29, 1.82) is 0 Å². The minimum atomic E-state index is -0.988. The molecule has 22 heavy (non-hydrogen) atoms. The molecule has 0 radical (unpaired) electrons. The molecule has 1 amide bonds. The second kappa shape index (κ2) is 6.08. The maximum Gasteiger partial charge on any atom is 0.221 e. The average Bonchev–Trinajstić information content (AvgIpc) is 2.89. The number of amides is 1. The van der Waals surface area contributed by atoms with Crippen LogP contribution in [0.1, 0.15) is 6.42 Å². The fourth-order valence-electron chi connectivity index (χ4n) is 2.79. The summed E-state index contributed by atoms with van der Waals surface area (Å²) in [4.78, 5) is 16.0. The highest BCUT2D eigenvalue weighted by Crippen LogP contribution is 2.41. The van der Waals surface area contributed by atoms with Crippen molar-refractivity contribution >= 4 is 40.1 Å². The highest BCUT2D eigenvalue weighted by atomic mass is 35.5. The first kappa shape index (κ1) is 15.6. The molecule has 1 fully saturated rings. The molecule has 1 saturated carbocycles. The van der Waals surface area contributed by atoms with Crippen LogP contribution in [0.2, 0.25) is 5.02 Å². The summed E-state index contributed by atoms with van der Waals surface area (Å²) in [5.74, 6) is -0.988. The summed E-state index contributed by atoms with van der Waals surface area (Å²) in [6.07, 6.45) is -1.82. The number of primary amides is 1. The van der Waals surface area contributed by atoms with E-state index in [1.807, 2.05) is 12.1 Å². The van der Waals surface area contributed by atoms with E-state index in [2.05, 4.69) is 10.3 Å². The molecule has 3 rings (SSSR count). The number of rotatable bonds is 2. The lowest BCUT2D eigenvalue weighted by molar-refractivity contribution is -0.126. The van der Waals surface area contributed by atoms with Gasteiger partial charge in [0.2, 0.25) is 5.91 Å². The van der Waals surface area contributed by atoms with Crippen LogP contribution < -0.4 is 11.1 Å². The monoisotopic (exact) mass is 341 g/mol. The van der Waals surface area contributed by atoms with Crippen molar-refractivity contribution in [2.45, 2.75) is 29.9 Å². The molecule has 0 aromatic heterocycles. The summed E-state index contributed by atoms with van der Waals surface area (Å²) >= 11 is 7.21. The van der Waals surface area contributed by atoms with Gasteiger partial charge in [-0.3, -0.25) is 9.79 Å². The smallest absolute Gasteiger partial charge is 0.221 e. The number of aliphatic imine (C=N–C) groups is 1. The minimum Gasteiger partial charge on any atom is -0.390 e. The van der Waals surface area contributed by atoms with Gasteiger partial charge in [0.15, 0.2) is 5.17 Å². The van der Waals surface area contributed by atoms with E-state index in [1.54, 1.807) is 12.1 Å². The Morgan fingerprint density at radius 3 is 2.68 bits per heavy atom. The lowest BCUT2D eigenvalue weighted by atomic mass is 9.81. The van der Waals surface area contributed by atoms with Gasteiger partial charge in [-0.1, -0.05) is 23.4 Å². The van der Waals surface area contributed by atoms with E-state index < -0.39 is 30.1 Å². The largest absolute Gasteiger partial charge is 0.390 e. The number of benzene rings is 1. The average molecular weight is 342 g/mol. The fourth-order valence-corrected chi connectivity index (χ4v) is 4.30. The Labute approximate surface area is 136 Å². The van der Waals surface area contributed by atoms with Gasteiger partial charge >= 0.3 is 0 Å². The number of hydrogen-bond acceptors (Lipinski definition) is 6. The van der Waals surface area contributed by atoms with Gasteiger partial charge in [-0.2, -0.15) is 0 Å². The molecule has 0 unspecified atom stereocenters. The van der Waals surface area contributed by atoms with Crippen LogP contribution in [0.15, 0.2) is 29.3 Å². The molecule has 2 aliphatic rings. The topological polar surface area (TPSA) is 108 Å². The third kappa shape index (κ3) is 2.94. The molecule has 0 saturated heterocycles. The fraction of sp³-hybridized carbons (Fsp3) is 0.429. The van der Waals surface area contributed by atoms with Crippen molar-refractivity contribution in [1.82, 2.24) is 0 Å². The van der Waals surface area contributed by atoms with Gasteiger partial charge in [-0.25, -0.2) is 0 Å². The molecule has 0 spiro atoms. The zero-order chi connectivity index (χ0) is 15.9. The van der Waals surface area contributed by atoms with E-state index in [1.165, 1.54) is 11.8 Å². The highest BCUT2D eigenvalue weighted by molar-refractivity contribution is 8.15. The van der Waals surface area contributed by atoms with E-state index in [0.717, 1.165) is 5.69 Å². The van der Waals surface area contributed by atoms with Crippen LogP contribution in [0.3, 0.4) is 0 Å². The molecule has 8 heteroatoms. The van der Waals surface area contributed by atoms with E-state index in [4.69, 9.17) is 17.3 Å². The third-order valence-electron chi connectivity index (χ3n) is 3.95. The van der Waals surface area contributed by atoms with Crippen LogP contribution in [0.5, 0.6) is 0 Å². The molecule has 1 aromatic carbocycles. The maximum atomic E-state index is 11.6. The predicted octanol–water partition coefficient (Wildman–Crippen LogP) is 0.819. The van der Waals surface area contributed by atoms with Crippen LogP contribution in [-0.4, -0.2) is 44.8 Å². The van der Waals surface area contributed by atoms with Crippen molar-refractivity contribution in [3.05, 3.63) is 29.3 Å². The molecule has 5 N–H and O–H groups in total. The van der Waals surface area contributed by atoms with Crippen LogP contribution >= 0.6 is 23.4 Å². The van der Waals surface area contributed by atoms with Crippen LogP contribution in [0, 0.1) is 5.92 Å². The first-order valence-corrected chi connectivity index (χ1v) is 8.14. The van der Waals surface area contributed by atoms with E-state index in [0.29, 0.717) is 10.2 Å². The predicted molar refractivity (Wildman–Crippen MR) is 87.0 cm³/mol. The van der Waals surface area contributed by atoms with Crippen LogP contribution in [0.4, 0.5) is 5.69 Å². The molecular formula is C14H16ClN3O3S. The van der Waals surface area contributed by atoms with Crippen molar-refractivity contribution in [2.24, 2.45) is 16.6 Å². The standard InChI is InChI=1S/C14H16ClN3O3S/c15-6-1-3-7(4-2-6)17-14-18-10-11(20)9(19)5-8(13(16)21)12(10)22-14/h1-4,8-12,19-20H,5H2,(H2,16,21)(H,17,18)/t8-,9+,10-,11-,12+/m0/s1. The van der Waals surface area contributed by atoms with Crippen molar-refractivity contribution in [2.75, 3.05) is 5.32 Å². The van der Waals surface area contributed by atoms with Gasteiger partial charge in [0, 0.05) is 16.0 Å². The Balaban J connectivity index is 1.78. The molecule has 1 aliphatic carbocycles. The molecule has 5 atom stereocenters. The Morgan fingerprint density at radius 1 is 1.36 bits per heavy atom. The lowest BCUT2D eigenvalue weighted by Gasteiger charge is -2.36. The number of anilines is 1. The summed E-state index contributed by atoms with van der Waals surface area (Å²) < 4.78 is 0. The molecular weight excluding hydrogens is 326 g/mol. The van der Waals surface area contributed by atoms with Crippen LogP contribution in [0.25, 0.3) is 0 Å². The van der Waals surface area contributed by atoms with E-state index in [9.17, 15) is 15.0 Å². The first-order valence-electron chi connectivity index (χ1n) is 6.88. The van der Waals surface area contributed by atoms with Crippen molar-refractivity contribution in [3.8, 4) is 0 Å². The number of thioether (sulfide) groups is 1. The summed E-state index contributed by atoms with van der Waals surface area (Å²) in [6, 6.07) is 6.58. The SMILES string of the molecule is NC(=O)[C@H]1C[C@@H](O)[C@H](O)[C@@H]2N=C(Nc3ccc(Cl)cc3)S[C@@H]21. The van der Waals surface area contributed by atoms with Gasteiger partial charge in [-0.15, -0.1) is 0 Å². The zero-order valence-corrected chi connectivity index (χ0v) is 13.1. The number of fused-ring (bicyclic) bond motifs is 1. The number of aliphatic hydroxyl groups is 2. The molecule has 118 valence electrons. The van der Waals surface area contributed by atoms with Crippen molar-refractivity contribution < 1.29 is 15.0 Å². The molecule has 0 bridgehead atoms. The van der Waals surface area contributed by atoms with Crippen molar-refractivity contribution in [3.63, 3.8) is 0 Å². The second-order valence-corrected chi connectivity index (χ2v) is 7.04. The maximum absolute atomic E-state index is 11.6. The minimum absolute atomic E-state index is 0.161. The molecule has 6 nitrogen and oxygen atoms in total. The third-order valence-corrected chi connectivity index (χ3v) is 5.51. The van der Waals surface area contributed by atoms with Gasteiger partial charge < -0.3 is 21.3 Å². The number of halogens is 1. The number of carbonyl (C=O) groups is 1. The Hall–Kier alpha value is -1.28. The highest BCUT2D eigenvalue weighted by Gasteiger charge is 2.49. The number of hydrogen-bond donors (Lipinski definition) is 4. The lowest BCUT2D eigenvalue weighted by Crippen LogP contribution is -2.53. The zero-order valence-electron chi connectivity index (χ0n) is 11.5. The Bertz CT molecular complexity index is 610. The first-order chi connectivity index (χ1) is 10.5. The van der Waals surface area contributed by atoms with E-state index in [-0.39, 0.29) is 11.7 Å². The quantitative estimate of drug-likeness (QED) is 0.637. The van der Waals surface area contributed by atoms with Gasteiger partial charge in [-0.05, 0) is 30.7 Å². The van der Waals surface area contributed by atoms with Gasteiger partial charge in [0.1, 0.15) is 6.10 Å². The molecule has 1 heterocycles. The number of aliphatic hydroxyl groups excluding tert-OH is 2. The number of nitrogens with two attached hydrogens (primary N) is 1. The van der Waals surface area contributed by atoms with Gasteiger partial charge in [0.05, 0.1) is 18.1 Å². The number of nitrogens with zero attached hydrogens (tertiary/aromatic N) is 1. The number of amidine groups is 1. The number of carbonyl (C=O) groups excluding carboxylic acids is 1. The second-order valence-electron chi connectivity index (χ2n) is 5.44.